The predicted molar refractivity (Wildman–Crippen MR) is 96.5 cm³/mol. The number of carbonyl (C=O) groups excluding carboxylic acids is 1. The first-order valence-electron chi connectivity index (χ1n) is 6.60. The maximum absolute atomic E-state index is 10.7. The molecule has 0 unspecified atom stereocenters. The number of carbonyl (C=O) groups is 1. The maximum Gasteiger partial charge on any atom is 0.216 e. The largest absolute Gasteiger partial charge is 0.370 e. The van der Waals surface area contributed by atoms with Gasteiger partial charge in [0.25, 0.3) is 0 Å². The van der Waals surface area contributed by atoms with Crippen LogP contribution in [0.4, 0.5) is 5.13 Å². The number of hydrogen-bond acceptors (Lipinski definition) is 5. The number of anilines is 1. The number of guanidine groups is 1. The molecule has 0 radical (unpaired) electrons. The zero-order chi connectivity index (χ0) is 14.4. The van der Waals surface area contributed by atoms with Gasteiger partial charge in [-0.3, -0.25) is 9.79 Å². The van der Waals surface area contributed by atoms with Crippen LogP contribution in [0.25, 0.3) is 0 Å². The number of rotatable bonds is 4. The maximum atomic E-state index is 10.7. The van der Waals surface area contributed by atoms with Gasteiger partial charge in [0.15, 0.2) is 11.1 Å². The van der Waals surface area contributed by atoms with E-state index in [9.17, 15) is 4.79 Å². The third-order valence-electron chi connectivity index (χ3n) is 3.05. The van der Waals surface area contributed by atoms with Crippen molar-refractivity contribution >= 4 is 52.3 Å². The lowest BCUT2D eigenvalue weighted by Crippen LogP contribution is -2.51. The van der Waals surface area contributed by atoms with E-state index in [4.69, 9.17) is 5.73 Å². The average molecular weight is 424 g/mol. The summed E-state index contributed by atoms with van der Waals surface area (Å²) in [6, 6.07) is 0. The van der Waals surface area contributed by atoms with Crippen LogP contribution in [0.3, 0.4) is 0 Å². The quantitative estimate of drug-likeness (QED) is 0.315. The molecular formula is C12H21IN6OS. The van der Waals surface area contributed by atoms with Crippen molar-refractivity contribution in [1.82, 2.24) is 15.2 Å². The zero-order valence-corrected chi connectivity index (χ0v) is 15.1. The Morgan fingerprint density at radius 1 is 1.48 bits per heavy atom. The summed E-state index contributed by atoms with van der Waals surface area (Å²) in [7, 11) is 0. The van der Waals surface area contributed by atoms with Crippen LogP contribution in [-0.4, -0.2) is 61.0 Å². The molecule has 3 N–H and O–H groups in total. The number of hydrogen-bond donors (Lipinski definition) is 2. The second kappa shape index (κ2) is 9.03. The summed E-state index contributed by atoms with van der Waals surface area (Å²) in [5.74, 6) is 0.505. The Kier molecular flexibility index (Phi) is 7.72. The van der Waals surface area contributed by atoms with E-state index in [0.29, 0.717) is 19.0 Å². The molecule has 0 saturated carbocycles. The van der Waals surface area contributed by atoms with Gasteiger partial charge in [0.05, 0.1) is 6.54 Å². The van der Waals surface area contributed by atoms with Crippen molar-refractivity contribution in [1.29, 1.82) is 0 Å². The topological polar surface area (TPSA) is 86.8 Å². The number of aromatic nitrogens is 1. The van der Waals surface area contributed by atoms with Crippen LogP contribution in [0.15, 0.2) is 16.6 Å². The average Bonchev–Trinajstić information content (AvgIpc) is 2.97. The number of thiazole rings is 1. The second-order valence-corrected chi connectivity index (χ2v) is 5.38. The number of nitrogens with one attached hydrogen (secondary N) is 1. The Labute approximate surface area is 145 Å². The van der Waals surface area contributed by atoms with Gasteiger partial charge in [-0.25, -0.2) is 4.98 Å². The lowest BCUT2D eigenvalue weighted by Gasteiger charge is -2.35. The number of amides is 1. The molecule has 0 aliphatic carbocycles. The fourth-order valence-corrected chi connectivity index (χ4v) is 2.70. The summed E-state index contributed by atoms with van der Waals surface area (Å²) >= 11 is 1.65. The van der Waals surface area contributed by atoms with Crippen molar-refractivity contribution in [3.05, 3.63) is 11.6 Å². The van der Waals surface area contributed by atoms with Gasteiger partial charge in [0, 0.05) is 51.2 Å². The minimum Gasteiger partial charge on any atom is -0.370 e. The first kappa shape index (κ1) is 18.0. The minimum absolute atomic E-state index is 0. The minimum atomic E-state index is -0.0455. The molecule has 1 aromatic heterocycles. The molecule has 1 aliphatic heterocycles. The monoisotopic (exact) mass is 424 g/mol. The highest BCUT2D eigenvalue weighted by molar-refractivity contribution is 14.0. The summed E-state index contributed by atoms with van der Waals surface area (Å²) in [6.45, 7) is 6.01. The van der Waals surface area contributed by atoms with Gasteiger partial charge in [-0.1, -0.05) is 0 Å². The molecule has 0 aromatic carbocycles. The van der Waals surface area contributed by atoms with E-state index in [1.54, 1.807) is 11.3 Å². The van der Waals surface area contributed by atoms with Gasteiger partial charge in [0.1, 0.15) is 0 Å². The van der Waals surface area contributed by atoms with Crippen LogP contribution in [0.5, 0.6) is 0 Å². The van der Waals surface area contributed by atoms with Crippen molar-refractivity contribution in [3.8, 4) is 0 Å². The highest BCUT2D eigenvalue weighted by Crippen LogP contribution is 2.18. The molecule has 1 fully saturated rings. The molecular weight excluding hydrogens is 403 g/mol. The van der Waals surface area contributed by atoms with Gasteiger partial charge < -0.3 is 20.9 Å². The molecule has 21 heavy (non-hydrogen) atoms. The highest BCUT2D eigenvalue weighted by Gasteiger charge is 2.19. The van der Waals surface area contributed by atoms with E-state index in [1.165, 1.54) is 6.92 Å². The Morgan fingerprint density at radius 3 is 2.76 bits per heavy atom. The number of piperazine rings is 1. The Morgan fingerprint density at radius 2 is 2.19 bits per heavy atom. The molecule has 9 heteroatoms. The second-order valence-electron chi connectivity index (χ2n) is 4.51. The molecule has 0 bridgehead atoms. The van der Waals surface area contributed by atoms with Crippen molar-refractivity contribution < 1.29 is 4.79 Å². The van der Waals surface area contributed by atoms with Gasteiger partial charge in [-0.2, -0.15) is 0 Å². The molecule has 0 spiro atoms. The normalized spacial score (nSPS) is 15.6. The molecule has 1 amide bonds. The molecule has 0 atom stereocenters. The van der Waals surface area contributed by atoms with Crippen LogP contribution in [0, 0.1) is 0 Å². The highest BCUT2D eigenvalue weighted by atomic mass is 127. The molecule has 2 rings (SSSR count). The number of nitrogens with zero attached hydrogens (tertiary/aromatic N) is 4. The van der Waals surface area contributed by atoms with Crippen molar-refractivity contribution in [2.45, 2.75) is 6.92 Å². The molecule has 7 nitrogen and oxygen atoms in total. The number of halogens is 1. The molecule has 118 valence electrons. The van der Waals surface area contributed by atoms with E-state index in [-0.39, 0.29) is 29.9 Å². The lowest BCUT2D eigenvalue weighted by atomic mass is 10.3. The van der Waals surface area contributed by atoms with Crippen LogP contribution in [0.2, 0.25) is 0 Å². The third kappa shape index (κ3) is 5.65. The first-order valence-corrected chi connectivity index (χ1v) is 7.48. The molecule has 2 heterocycles. The van der Waals surface area contributed by atoms with Crippen molar-refractivity contribution in [3.63, 3.8) is 0 Å². The third-order valence-corrected chi connectivity index (χ3v) is 3.89. The summed E-state index contributed by atoms with van der Waals surface area (Å²) < 4.78 is 0. The molecule has 1 saturated heterocycles. The van der Waals surface area contributed by atoms with E-state index < -0.39 is 0 Å². The van der Waals surface area contributed by atoms with Gasteiger partial charge in [-0.05, 0) is 0 Å². The van der Waals surface area contributed by atoms with E-state index in [1.807, 2.05) is 11.6 Å². The number of nitrogens with two attached hydrogens (primary N) is 1. The standard InChI is InChI=1S/C12H20N6OS.HI/c1-10(19)14-2-3-15-11(13)17-5-7-18(8-6-17)12-16-4-9-20-12;/h4,9H,2-3,5-8H2,1H3,(H2,13,15)(H,14,19);1H. The Balaban J connectivity index is 0.00000220. The smallest absolute Gasteiger partial charge is 0.216 e. The summed E-state index contributed by atoms with van der Waals surface area (Å²) in [4.78, 5) is 23.6. The van der Waals surface area contributed by atoms with Gasteiger partial charge in [0.2, 0.25) is 5.91 Å². The zero-order valence-electron chi connectivity index (χ0n) is 12.0. The Hall–Kier alpha value is -1.10. The SMILES string of the molecule is CC(=O)NCCN=C(N)N1CCN(c2nccs2)CC1.I. The lowest BCUT2D eigenvalue weighted by molar-refractivity contribution is -0.118. The first-order chi connectivity index (χ1) is 9.66. The predicted octanol–water partition coefficient (Wildman–Crippen LogP) is 0.334. The fourth-order valence-electron chi connectivity index (χ4n) is 2.00. The van der Waals surface area contributed by atoms with Crippen LogP contribution < -0.4 is 16.0 Å². The van der Waals surface area contributed by atoms with Crippen LogP contribution in [0.1, 0.15) is 6.92 Å². The van der Waals surface area contributed by atoms with Crippen molar-refractivity contribution in [2.75, 3.05) is 44.2 Å². The molecule has 1 aromatic rings. The number of aliphatic imine (C=N–C) groups is 1. The van der Waals surface area contributed by atoms with Crippen LogP contribution >= 0.6 is 35.3 Å². The van der Waals surface area contributed by atoms with Crippen molar-refractivity contribution in [2.24, 2.45) is 10.7 Å². The summed E-state index contributed by atoms with van der Waals surface area (Å²) in [5.41, 5.74) is 5.96. The Bertz CT molecular complexity index is 458. The van der Waals surface area contributed by atoms with E-state index >= 15 is 0 Å². The molecule has 1 aliphatic rings. The summed E-state index contributed by atoms with van der Waals surface area (Å²) in [6.07, 6.45) is 1.82. The van der Waals surface area contributed by atoms with Gasteiger partial charge in [-0.15, -0.1) is 35.3 Å². The van der Waals surface area contributed by atoms with Crippen LogP contribution in [-0.2, 0) is 4.79 Å². The van der Waals surface area contributed by atoms with E-state index in [2.05, 4.69) is 25.1 Å². The summed E-state index contributed by atoms with van der Waals surface area (Å²) in [5, 5.41) is 5.74. The van der Waals surface area contributed by atoms with E-state index in [0.717, 1.165) is 31.3 Å². The fraction of sp³-hybridized carbons (Fsp3) is 0.583. The van der Waals surface area contributed by atoms with Gasteiger partial charge >= 0.3 is 0 Å².